The van der Waals surface area contributed by atoms with Crippen molar-refractivity contribution in [3.8, 4) is 0 Å². The van der Waals surface area contributed by atoms with Gasteiger partial charge in [0, 0.05) is 19.2 Å². The zero-order chi connectivity index (χ0) is 16.6. The van der Waals surface area contributed by atoms with Crippen LogP contribution in [0.15, 0.2) is 27.4 Å². The monoisotopic (exact) mass is 370 g/mol. The number of thioether (sulfide) groups is 1. The number of carbonyl (C=O) groups excluding carboxylic acids is 1. The maximum atomic E-state index is 12.5. The predicted octanol–water partition coefficient (Wildman–Crippen LogP) is 1.97. The Morgan fingerprint density at radius 3 is 2.83 bits per heavy atom. The van der Waals surface area contributed by atoms with Crippen LogP contribution < -0.4 is 9.62 Å². The Labute approximate surface area is 142 Å². The molecule has 1 aliphatic rings. The molecule has 0 spiro atoms. The van der Waals surface area contributed by atoms with Crippen molar-refractivity contribution in [1.29, 1.82) is 0 Å². The second-order valence-corrected chi connectivity index (χ2v) is 8.61. The summed E-state index contributed by atoms with van der Waals surface area (Å²) >= 11 is 2.59. The van der Waals surface area contributed by atoms with Gasteiger partial charge in [-0.1, -0.05) is 23.1 Å². The summed E-state index contributed by atoms with van der Waals surface area (Å²) in [6.07, 6.45) is 2.49. The molecule has 0 fully saturated rings. The number of hydrogen-bond acceptors (Lipinski definition) is 7. The van der Waals surface area contributed by atoms with Crippen LogP contribution >= 0.6 is 23.1 Å². The minimum atomic E-state index is -3.72. The second kappa shape index (κ2) is 6.10. The van der Waals surface area contributed by atoms with Gasteiger partial charge in [0.2, 0.25) is 11.0 Å². The molecule has 3 rings (SSSR count). The maximum absolute atomic E-state index is 12.5. The van der Waals surface area contributed by atoms with Gasteiger partial charge < -0.3 is 4.90 Å². The molecule has 0 saturated carbocycles. The third-order valence-corrected chi connectivity index (χ3v) is 6.72. The first-order chi connectivity index (χ1) is 10.9. The van der Waals surface area contributed by atoms with Crippen LogP contribution in [-0.2, 0) is 21.2 Å². The Hall–Kier alpha value is -1.65. The minimum Gasteiger partial charge on any atom is -0.312 e. The Kier molecular flexibility index (Phi) is 4.30. The van der Waals surface area contributed by atoms with Crippen LogP contribution in [0.3, 0.4) is 0 Å². The number of carbonyl (C=O) groups is 1. The molecule has 1 N–H and O–H groups in total. The lowest BCUT2D eigenvalue weighted by molar-refractivity contribution is -0.116. The number of aromatic nitrogens is 2. The van der Waals surface area contributed by atoms with Crippen molar-refractivity contribution in [2.75, 3.05) is 22.4 Å². The van der Waals surface area contributed by atoms with Crippen molar-refractivity contribution in [2.45, 2.75) is 22.6 Å². The lowest BCUT2D eigenvalue weighted by Crippen LogP contribution is -2.25. The number of anilines is 2. The number of fused-ring (bicyclic) bond motifs is 1. The van der Waals surface area contributed by atoms with Crippen molar-refractivity contribution in [2.24, 2.45) is 0 Å². The molecule has 0 saturated heterocycles. The molecule has 10 heteroatoms. The van der Waals surface area contributed by atoms with E-state index in [4.69, 9.17) is 0 Å². The van der Waals surface area contributed by atoms with Gasteiger partial charge in [-0.05, 0) is 36.4 Å². The molecule has 1 aliphatic heterocycles. The van der Waals surface area contributed by atoms with Crippen molar-refractivity contribution in [3.05, 3.63) is 23.8 Å². The molecule has 1 aromatic heterocycles. The summed E-state index contributed by atoms with van der Waals surface area (Å²) < 4.78 is 28.0. The molecule has 1 amide bonds. The Balaban J connectivity index is 1.88. The van der Waals surface area contributed by atoms with E-state index in [1.165, 1.54) is 36.1 Å². The summed E-state index contributed by atoms with van der Waals surface area (Å²) in [5.74, 6) is -0.0454. The van der Waals surface area contributed by atoms with Gasteiger partial charge in [-0.25, -0.2) is 8.42 Å². The first kappa shape index (κ1) is 16.2. The van der Waals surface area contributed by atoms with E-state index in [2.05, 4.69) is 14.9 Å². The predicted molar refractivity (Wildman–Crippen MR) is 90.7 cm³/mol. The molecule has 0 aliphatic carbocycles. The quantitative estimate of drug-likeness (QED) is 0.827. The van der Waals surface area contributed by atoms with Gasteiger partial charge in [0.1, 0.15) is 0 Å². The van der Waals surface area contributed by atoms with E-state index < -0.39 is 10.0 Å². The van der Waals surface area contributed by atoms with E-state index >= 15 is 0 Å². The van der Waals surface area contributed by atoms with Crippen LogP contribution in [0.25, 0.3) is 0 Å². The van der Waals surface area contributed by atoms with Crippen LogP contribution in [0.4, 0.5) is 10.8 Å². The van der Waals surface area contributed by atoms with E-state index in [-0.39, 0.29) is 15.9 Å². The van der Waals surface area contributed by atoms with Crippen molar-refractivity contribution in [1.82, 2.24) is 10.2 Å². The van der Waals surface area contributed by atoms with Crippen LogP contribution in [0.5, 0.6) is 0 Å². The Morgan fingerprint density at radius 2 is 2.17 bits per heavy atom. The SMILES string of the molecule is CSc1nnc(NS(=O)(=O)c2ccc3c(c2)CCN3C(C)=O)s1. The Morgan fingerprint density at radius 1 is 1.39 bits per heavy atom. The highest BCUT2D eigenvalue weighted by Gasteiger charge is 2.25. The van der Waals surface area contributed by atoms with Crippen molar-refractivity contribution in [3.63, 3.8) is 0 Å². The van der Waals surface area contributed by atoms with Gasteiger partial charge in [0.25, 0.3) is 10.0 Å². The molecular weight excluding hydrogens is 356 g/mol. The van der Waals surface area contributed by atoms with E-state index in [1.54, 1.807) is 17.0 Å². The Bertz CT molecular complexity index is 863. The van der Waals surface area contributed by atoms with Gasteiger partial charge in [0.05, 0.1) is 4.90 Å². The molecule has 1 aromatic carbocycles. The van der Waals surface area contributed by atoms with E-state index in [0.717, 1.165) is 11.3 Å². The van der Waals surface area contributed by atoms with Gasteiger partial charge in [-0.15, -0.1) is 10.2 Å². The third kappa shape index (κ3) is 3.19. The number of nitrogens with one attached hydrogen (secondary N) is 1. The normalized spacial score (nSPS) is 13.9. The topological polar surface area (TPSA) is 92.3 Å². The molecular formula is C13H14N4O3S3. The molecule has 2 aromatic rings. The van der Waals surface area contributed by atoms with Crippen LogP contribution in [0.1, 0.15) is 12.5 Å². The zero-order valence-corrected chi connectivity index (χ0v) is 14.9. The lowest BCUT2D eigenvalue weighted by Gasteiger charge is -2.14. The second-order valence-electron chi connectivity index (χ2n) is 4.89. The van der Waals surface area contributed by atoms with Crippen molar-refractivity contribution >= 4 is 49.8 Å². The van der Waals surface area contributed by atoms with Gasteiger partial charge >= 0.3 is 0 Å². The van der Waals surface area contributed by atoms with E-state index in [9.17, 15) is 13.2 Å². The van der Waals surface area contributed by atoms with Gasteiger partial charge in [-0.2, -0.15) is 0 Å². The number of rotatable bonds is 4. The first-order valence-corrected chi connectivity index (χ1v) is 10.2. The maximum Gasteiger partial charge on any atom is 0.263 e. The van der Waals surface area contributed by atoms with Crippen LogP contribution in [0.2, 0.25) is 0 Å². The molecule has 23 heavy (non-hydrogen) atoms. The molecule has 0 atom stereocenters. The number of benzene rings is 1. The molecule has 2 heterocycles. The number of sulfonamides is 1. The summed E-state index contributed by atoms with van der Waals surface area (Å²) in [6, 6.07) is 4.78. The zero-order valence-electron chi connectivity index (χ0n) is 12.4. The summed E-state index contributed by atoms with van der Waals surface area (Å²) in [6.45, 7) is 2.08. The standard InChI is InChI=1S/C13H14N4O3S3/c1-8(18)17-6-5-9-7-10(3-4-11(9)17)23(19,20)16-12-14-15-13(21-2)22-12/h3-4,7H,5-6H2,1-2H3,(H,14,16). The summed E-state index contributed by atoms with van der Waals surface area (Å²) in [4.78, 5) is 13.3. The summed E-state index contributed by atoms with van der Waals surface area (Å²) in [7, 11) is -3.72. The van der Waals surface area contributed by atoms with Gasteiger partial charge in [-0.3, -0.25) is 9.52 Å². The fourth-order valence-corrected chi connectivity index (χ4v) is 4.83. The van der Waals surface area contributed by atoms with E-state index in [1.807, 2.05) is 6.26 Å². The fraction of sp³-hybridized carbons (Fsp3) is 0.308. The minimum absolute atomic E-state index is 0.0454. The number of hydrogen-bond donors (Lipinski definition) is 1. The smallest absolute Gasteiger partial charge is 0.263 e. The molecule has 0 unspecified atom stereocenters. The van der Waals surface area contributed by atoms with Gasteiger partial charge in [0.15, 0.2) is 4.34 Å². The fourth-order valence-electron chi connectivity index (χ4n) is 2.38. The first-order valence-electron chi connectivity index (χ1n) is 6.72. The van der Waals surface area contributed by atoms with Crippen LogP contribution in [-0.4, -0.2) is 37.3 Å². The molecule has 122 valence electrons. The summed E-state index contributed by atoms with van der Waals surface area (Å²) in [5.41, 5.74) is 1.63. The molecule has 0 bridgehead atoms. The highest BCUT2D eigenvalue weighted by molar-refractivity contribution is 8.00. The number of nitrogens with zero attached hydrogens (tertiary/aromatic N) is 3. The summed E-state index contributed by atoms with van der Waals surface area (Å²) in [5, 5.41) is 7.91. The molecule has 0 radical (unpaired) electrons. The lowest BCUT2D eigenvalue weighted by atomic mass is 10.2. The van der Waals surface area contributed by atoms with Crippen LogP contribution in [0, 0.1) is 0 Å². The number of amides is 1. The average Bonchev–Trinajstić information content (AvgIpc) is 3.12. The molecule has 7 nitrogen and oxygen atoms in total. The highest BCUT2D eigenvalue weighted by atomic mass is 32.2. The highest BCUT2D eigenvalue weighted by Crippen LogP contribution is 2.31. The average molecular weight is 370 g/mol. The third-order valence-electron chi connectivity index (χ3n) is 3.44. The van der Waals surface area contributed by atoms with E-state index in [0.29, 0.717) is 17.3 Å². The largest absolute Gasteiger partial charge is 0.312 e. The van der Waals surface area contributed by atoms with Crippen molar-refractivity contribution < 1.29 is 13.2 Å².